The molecule has 9 heteroatoms. The Balaban J connectivity index is 1.56. The van der Waals surface area contributed by atoms with Crippen molar-refractivity contribution in [2.24, 2.45) is 5.73 Å². The highest BCUT2D eigenvalue weighted by Crippen LogP contribution is 2.34. The number of fused-ring (bicyclic) bond motifs is 1. The minimum atomic E-state index is -0.439. The van der Waals surface area contributed by atoms with E-state index in [2.05, 4.69) is 30.1 Å². The minimum absolute atomic E-state index is 0.439. The Bertz CT molecular complexity index is 819. The molecule has 23 heavy (non-hydrogen) atoms. The van der Waals surface area contributed by atoms with Crippen LogP contribution in [0.4, 0.5) is 5.82 Å². The van der Waals surface area contributed by atoms with Gasteiger partial charge in [-0.3, -0.25) is 0 Å². The average molecular weight is 314 g/mol. The summed E-state index contributed by atoms with van der Waals surface area (Å²) in [7, 11) is 1.90. The highest BCUT2D eigenvalue weighted by molar-refractivity contribution is 5.82. The van der Waals surface area contributed by atoms with Gasteiger partial charge in [0.25, 0.3) is 0 Å². The normalized spacial score (nSPS) is 17.0. The van der Waals surface area contributed by atoms with Crippen molar-refractivity contribution in [3.63, 3.8) is 0 Å². The van der Waals surface area contributed by atoms with E-state index >= 15 is 0 Å². The third kappa shape index (κ3) is 2.42. The van der Waals surface area contributed by atoms with E-state index < -0.39 is 5.54 Å². The number of nitrogens with one attached hydrogen (secondary N) is 1. The predicted octanol–water partition coefficient (Wildman–Crippen LogP) is 1.10. The number of imidazole rings is 1. The van der Waals surface area contributed by atoms with Crippen LogP contribution in [0.25, 0.3) is 11.2 Å². The first-order valence-corrected chi connectivity index (χ1v) is 7.63. The van der Waals surface area contributed by atoms with Crippen LogP contribution in [0.3, 0.4) is 0 Å². The standard InChI is InChI=1S/C14H18N8O/c1-22(12-10-11(17-7-16-10)18-8-19-12)6-9-20-13(21-23-9)14(15)4-2-3-5-14/h7-8H,2-6,15H2,1H3,(H,16,17,18,19). The van der Waals surface area contributed by atoms with E-state index in [4.69, 9.17) is 10.3 Å². The second-order valence-electron chi connectivity index (χ2n) is 6.03. The third-order valence-corrected chi connectivity index (χ3v) is 4.35. The summed E-state index contributed by atoms with van der Waals surface area (Å²) in [5.41, 5.74) is 7.33. The molecule has 9 nitrogen and oxygen atoms in total. The summed E-state index contributed by atoms with van der Waals surface area (Å²) in [5, 5.41) is 4.08. The van der Waals surface area contributed by atoms with Crippen LogP contribution in [0.5, 0.6) is 0 Å². The molecule has 0 aromatic carbocycles. The van der Waals surface area contributed by atoms with Crippen molar-refractivity contribution < 1.29 is 4.52 Å². The third-order valence-electron chi connectivity index (χ3n) is 4.35. The second-order valence-corrected chi connectivity index (χ2v) is 6.03. The Labute approximate surface area is 132 Å². The summed E-state index contributed by atoms with van der Waals surface area (Å²) in [6, 6.07) is 0. The predicted molar refractivity (Wildman–Crippen MR) is 82.4 cm³/mol. The van der Waals surface area contributed by atoms with E-state index in [9.17, 15) is 0 Å². The van der Waals surface area contributed by atoms with E-state index in [0.717, 1.165) is 37.0 Å². The van der Waals surface area contributed by atoms with Crippen molar-refractivity contribution in [2.75, 3.05) is 11.9 Å². The number of H-pyrrole nitrogens is 1. The Kier molecular flexibility index (Phi) is 3.22. The first kappa shape index (κ1) is 14.1. The molecule has 4 rings (SSSR count). The van der Waals surface area contributed by atoms with Crippen molar-refractivity contribution in [3.8, 4) is 0 Å². The number of nitrogens with zero attached hydrogens (tertiary/aromatic N) is 6. The number of hydrogen-bond donors (Lipinski definition) is 2. The summed E-state index contributed by atoms with van der Waals surface area (Å²) in [5.74, 6) is 1.86. The fourth-order valence-corrected chi connectivity index (χ4v) is 3.07. The molecule has 3 heterocycles. The molecule has 0 spiro atoms. The van der Waals surface area contributed by atoms with Crippen LogP contribution in [0.15, 0.2) is 17.2 Å². The zero-order valence-electron chi connectivity index (χ0n) is 12.9. The molecule has 0 unspecified atom stereocenters. The number of aromatic amines is 1. The molecule has 1 aliphatic carbocycles. The number of hydrogen-bond acceptors (Lipinski definition) is 8. The van der Waals surface area contributed by atoms with Crippen LogP contribution in [-0.2, 0) is 12.1 Å². The van der Waals surface area contributed by atoms with Crippen molar-refractivity contribution in [1.82, 2.24) is 30.1 Å². The maximum absolute atomic E-state index is 6.36. The van der Waals surface area contributed by atoms with Gasteiger partial charge in [0.2, 0.25) is 5.89 Å². The lowest BCUT2D eigenvalue weighted by molar-refractivity contribution is 0.348. The van der Waals surface area contributed by atoms with Gasteiger partial charge in [-0.05, 0) is 12.8 Å². The minimum Gasteiger partial charge on any atom is -0.348 e. The van der Waals surface area contributed by atoms with E-state index in [1.54, 1.807) is 6.33 Å². The summed E-state index contributed by atoms with van der Waals surface area (Å²) >= 11 is 0. The SMILES string of the molecule is CN(Cc1nc(C2(N)CCCC2)no1)c1ncnc2nc[nH]c12. The largest absolute Gasteiger partial charge is 0.348 e. The average Bonchev–Trinajstić information content (AvgIpc) is 3.26. The summed E-state index contributed by atoms with van der Waals surface area (Å²) in [6.45, 7) is 0.439. The van der Waals surface area contributed by atoms with Gasteiger partial charge in [0.15, 0.2) is 17.3 Å². The van der Waals surface area contributed by atoms with Gasteiger partial charge in [-0.15, -0.1) is 0 Å². The van der Waals surface area contributed by atoms with Gasteiger partial charge in [-0.25, -0.2) is 15.0 Å². The number of aromatic nitrogens is 6. The van der Waals surface area contributed by atoms with Crippen molar-refractivity contribution in [1.29, 1.82) is 0 Å². The molecule has 0 saturated heterocycles. The van der Waals surface area contributed by atoms with Gasteiger partial charge >= 0.3 is 0 Å². The number of anilines is 1. The van der Waals surface area contributed by atoms with E-state index in [-0.39, 0.29) is 0 Å². The Morgan fingerprint density at radius 1 is 1.30 bits per heavy atom. The number of nitrogens with two attached hydrogens (primary N) is 1. The lowest BCUT2D eigenvalue weighted by Gasteiger charge is -2.18. The van der Waals surface area contributed by atoms with Crippen molar-refractivity contribution in [3.05, 3.63) is 24.4 Å². The van der Waals surface area contributed by atoms with Crippen LogP contribution in [0.1, 0.15) is 37.4 Å². The molecule has 3 aromatic heterocycles. The lowest BCUT2D eigenvalue weighted by Crippen LogP contribution is -2.34. The van der Waals surface area contributed by atoms with Crippen LogP contribution < -0.4 is 10.6 Å². The molecule has 0 atom stereocenters. The summed E-state index contributed by atoms with van der Waals surface area (Å²) < 4.78 is 5.38. The van der Waals surface area contributed by atoms with Gasteiger partial charge in [0.05, 0.1) is 18.4 Å². The maximum atomic E-state index is 6.36. The van der Waals surface area contributed by atoms with Crippen LogP contribution in [-0.4, -0.2) is 37.1 Å². The molecule has 120 valence electrons. The van der Waals surface area contributed by atoms with Crippen LogP contribution in [0.2, 0.25) is 0 Å². The van der Waals surface area contributed by atoms with Gasteiger partial charge in [-0.2, -0.15) is 4.98 Å². The molecule has 1 saturated carbocycles. The van der Waals surface area contributed by atoms with Gasteiger partial charge in [0, 0.05) is 7.05 Å². The molecular weight excluding hydrogens is 296 g/mol. The lowest BCUT2D eigenvalue weighted by atomic mass is 9.99. The van der Waals surface area contributed by atoms with Crippen LogP contribution >= 0.6 is 0 Å². The molecule has 3 aromatic rings. The molecule has 3 N–H and O–H groups in total. The fraction of sp³-hybridized carbons (Fsp3) is 0.500. The quantitative estimate of drug-likeness (QED) is 0.734. The molecule has 0 bridgehead atoms. The smallest absolute Gasteiger partial charge is 0.246 e. The van der Waals surface area contributed by atoms with Gasteiger partial charge in [-0.1, -0.05) is 18.0 Å². The summed E-state index contributed by atoms with van der Waals surface area (Å²) in [6.07, 6.45) is 7.12. The molecule has 0 radical (unpaired) electrons. The first-order chi connectivity index (χ1) is 11.2. The van der Waals surface area contributed by atoms with Crippen molar-refractivity contribution in [2.45, 2.75) is 37.8 Å². The van der Waals surface area contributed by atoms with Gasteiger partial charge < -0.3 is 20.1 Å². The monoisotopic (exact) mass is 314 g/mol. The molecule has 1 fully saturated rings. The van der Waals surface area contributed by atoms with E-state index in [1.165, 1.54) is 6.33 Å². The van der Waals surface area contributed by atoms with Gasteiger partial charge in [0.1, 0.15) is 11.8 Å². The highest BCUT2D eigenvalue weighted by atomic mass is 16.5. The fourth-order valence-electron chi connectivity index (χ4n) is 3.07. The summed E-state index contributed by atoms with van der Waals surface area (Å²) in [4.78, 5) is 22.0. The van der Waals surface area contributed by atoms with Crippen LogP contribution in [0, 0.1) is 0 Å². The molecule has 1 aliphatic rings. The highest BCUT2D eigenvalue weighted by Gasteiger charge is 2.36. The zero-order chi connectivity index (χ0) is 15.9. The van der Waals surface area contributed by atoms with E-state index in [1.807, 2.05) is 11.9 Å². The Morgan fingerprint density at radius 2 is 2.13 bits per heavy atom. The second kappa shape index (κ2) is 5.27. The molecule has 0 amide bonds. The van der Waals surface area contributed by atoms with E-state index in [0.29, 0.717) is 23.9 Å². The Morgan fingerprint density at radius 3 is 2.96 bits per heavy atom. The van der Waals surface area contributed by atoms with Crippen molar-refractivity contribution >= 4 is 17.0 Å². The Hall–Kier alpha value is -2.55. The topological polar surface area (TPSA) is 123 Å². The first-order valence-electron chi connectivity index (χ1n) is 7.63. The maximum Gasteiger partial charge on any atom is 0.246 e. The zero-order valence-corrected chi connectivity index (χ0v) is 12.9. The molecule has 0 aliphatic heterocycles. The molecular formula is C14H18N8O. The number of rotatable bonds is 4.